The van der Waals surface area contributed by atoms with E-state index in [2.05, 4.69) is 12.2 Å². The fourth-order valence-corrected chi connectivity index (χ4v) is 2.31. The Morgan fingerprint density at radius 3 is 2.67 bits per heavy atom. The van der Waals surface area contributed by atoms with Crippen LogP contribution < -0.4 is 5.32 Å². The molecule has 0 fully saturated rings. The van der Waals surface area contributed by atoms with Crippen molar-refractivity contribution in [3.05, 3.63) is 64.2 Å². The molecule has 2 rings (SSSR count). The quantitative estimate of drug-likeness (QED) is 0.838. The number of carbonyl (C=O) groups is 1. The fourth-order valence-electron chi connectivity index (χ4n) is 2.11. The van der Waals surface area contributed by atoms with Crippen molar-refractivity contribution < 1.29 is 9.53 Å². The number of ether oxygens (including phenoxy) is 1. The van der Waals surface area contributed by atoms with Crippen molar-refractivity contribution in [3.8, 4) is 0 Å². The van der Waals surface area contributed by atoms with Gasteiger partial charge in [0.05, 0.1) is 12.7 Å². The number of hydrogen-bond acceptors (Lipinski definition) is 3. The number of benzene rings is 2. The molecule has 2 aromatic rings. The van der Waals surface area contributed by atoms with Gasteiger partial charge in [0, 0.05) is 16.8 Å². The number of aryl methyl sites for hydroxylation is 1. The summed E-state index contributed by atoms with van der Waals surface area (Å²) >= 11 is 6.02. The van der Waals surface area contributed by atoms with Crippen LogP contribution in [0.5, 0.6) is 0 Å². The van der Waals surface area contributed by atoms with Crippen LogP contribution in [0.1, 0.15) is 34.5 Å². The predicted octanol–water partition coefficient (Wildman–Crippen LogP) is 4.61. The number of nitrogens with one attached hydrogen (secondary N) is 1. The molecular weight excluding hydrogens is 286 g/mol. The third-order valence-electron chi connectivity index (χ3n) is 3.38. The summed E-state index contributed by atoms with van der Waals surface area (Å²) in [7, 11) is 1.38. The minimum Gasteiger partial charge on any atom is -0.465 e. The maximum Gasteiger partial charge on any atom is 0.337 e. The van der Waals surface area contributed by atoms with E-state index in [4.69, 9.17) is 16.3 Å². The van der Waals surface area contributed by atoms with Gasteiger partial charge in [-0.1, -0.05) is 29.8 Å². The molecule has 0 heterocycles. The van der Waals surface area contributed by atoms with Crippen LogP contribution in [-0.4, -0.2) is 13.1 Å². The molecule has 0 radical (unpaired) electrons. The molecule has 1 unspecified atom stereocenters. The van der Waals surface area contributed by atoms with Gasteiger partial charge >= 0.3 is 5.97 Å². The highest BCUT2D eigenvalue weighted by Crippen LogP contribution is 2.25. The maximum atomic E-state index is 11.6. The van der Waals surface area contributed by atoms with Crippen LogP contribution in [0.3, 0.4) is 0 Å². The van der Waals surface area contributed by atoms with Crippen LogP contribution >= 0.6 is 11.6 Å². The minimum atomic E-state index is -0.339. The number of hydrogen-bond donors (Lipinski definition) is 1. The van der Waals surface area contributed by atoms with Gasteiger partial charge in [-0.05, 0) is 49.2 Å². The molecule has 0 aliphatic heterocycles. The zero-order valence-corrected chi connectivity index (χ0v) is 13.1. The highest BCUT2D eigenvalue weighted by Gasteiger charge is 2.11. The molecule has 21 heavy (non-hydrogen) atoms. The van der Waals surface area contributed by atoms with Gasteiger partial charge in [0.2, 0.25) is 0 Å². The van der Waals surface area contributed by atoms with E-state index in [0.717, 1.165) is 16.8 Å². The summed E-state index contributed by atoms with van der Waals surface area (Å²) in [4.78, 5) is 11.6. The van der Waals surface area contributed by atoms with Crippen molar-refractivity contribution in [1.29, 1.82) is 0 Å². The van der Waals surface area contributed by atoms with E-state index in [-0.39, 0.29) is 12.0 Å². The van der Waals surface area contributed by atoms with Gasteiger partial charge in [-0.3, -0.25) is 0 Å². The number of methoxy groups -OCH3 is 1. The second kappa shape index (κ2) is 6.64. The second-order valence-corrected chi connectivity index (χ2v) is 5.38. The Bertz CT molecular complexity index is 655. The number of carbonyl (C=O) groups excluding carboxylic acids is 1. The lowest BCUT2D eigenvalue weighted by molar-refractivity contribution is 0.0601. The number of esters is 1. The molecular formula is C17H18ClNO2. The van der Waals surface area contributed by atoms with E-state index in [1.165, 1.54) is 7.11 Å². The molecule has 0 bridgehead atoms. The third kappa shape index (κ3) is 3.76. The first-order valence-corrected chi connectivity index (χ1v) is 7.10. The minimum absolute atomic E-state index is 0.0790. The standard InChI is InChI=1S/C17H18ClNO2/c1-11-7-8-14(17(20)21-3)10-16(11)19-12(2)13-5-4-6-15(18)9-13/h4-10,12,19H,1-3H3. The Hall–Kier alpha value is -2.00. The molecule has 0 saturated heterocycles. The topological polar surface area (TPSA) is 38.3 Å². The SMILES string of the molecule is COC(=O)c1ccc(C)c(NC(C)c2cccc(Cl)c2)c1. The summed E-state index contributed by atoms with van der Waals surface area (Å²) in [5, 5.41) is 4.12. The summed E-state index contributed by atoms with van der Waals surface area (Å²) in [6.07, 6.45) is 0. The van der Waals surface area contributed by atoms with Crippen molar-refractivity contribution in [1.82, 2.24) is 0 Å². The zero-order chi connectivity index (χ0) is 15.4. The maximum absolute atomic E-state index is 11.6. The summed E-state index contributed by atoms with van der Waals surface area (Å²) in [5.41, 5.74) is 3.59. The largest absolute Gasteiger partial charge is 0.465 e. The second-order valence-electron chi connectivity index (χ2n) is 4.94. The lowest BCUT2D eigenvalue weighted by Gasteiger charge is -2.18. The lowest BCUT2D eigenvalue weighted by Crippen LogP contribution is -2.09. The molecule has 0 amide bonds. The van der Waals surface area contributed by atoms with Gasteiger partial charge in [-0.15, -0.1) is 0 Å². The van der Waals surface area contributed by atoms with Gasteiger partial charge < -0.3 is 10.1 Å². The Morgan fingerprint density at radius 1 is 1.24 bits per heavy atom. The van der Waals surface area contributed by atoms with Crippen molar-refractivity contribution in [2.24, 2.45) is 0 Å². The van der Waals surface area contributed by atoms with Gasteiger partial charge in [-0.2, -0.15) is 0 Å². The van der Waals surface area contributed by atoms with E-state index in [1.807, 2.05) is 43.3 Å². The summed E-state index contributed by atoms with van der Waals surface area (Å²) < 4.78 is 4.75. The highest BCUT2D eigenvalue weighted by molar-refractivity contribution is 6.30. The lowest BCUT2D eigenvalue weighted by atomic mass is 10.1. The molecule has 0 aromatic heterocycles. The first-order chi connectivity index (χ1) is 10.0. The van der Waals surface area contributed by atoms with Crippen LogP contribution in [-0.2, 0) is 4.74 Å². The molecule has 1 N–H and O–H groups in total. The van der Waals surface area contributed by atoms with Gasteiger partial charge in [0.25, 0.3) is 0 Å². The Labute approximate surface area is 129 Å². The summed E-state index contributed by atoms with van der Waals surface area (Å²) in [6, 6.07) is 13.3. The smallest absolute Gasteiger partial charge is 0.337 e. The van der Waals surface area contributed by atoms with Crippen LogP contribution in [0.15, 0.2) is 42.5 Å². The van der Waals surface area contributed by atoms with Gasteiger partial charge in [0.15, 0.2) is 0 Å². The van der Waals surface area contributed by atoms with Crippen LogP contribution in [0.25, 0.3) is 0 Å². The number of halogens is 1. The van der Waals surface area contributed by atoms with Crippen LogP contribution in [0.2, 0.25) is 5.02 Å². The third-order valence-corrected chi connectivity index (χ3v) is 3.61. The Morgan fingerprint density at radius 2 is 2.00 bits per heavy atom. The van der Waals surface area contributed by atoms with Crippen molar-refractivity contribution >= 4 is 23.3 Å². The first kappa shape index (κ1) is 15.4. The van der Waals surface area contributed by atoms with Crippen LogP contribution in [0, 0.1) is 6.92 Å². The van der Waals surface area contributed by atoms with E-state index in [1.54, 1.807) is 6.07 Å². The molecule has 0 saturated carbocycles. The number of rotatable bonds is 4. The zero-order valence-electron chi connectivity index (χ0n) is 12.3. The van der Waals surface area contributed by atoms with Gasteiger partial charge in [-0.25, -0.2) is 4.79 Å². The molecule has 0 spiro atoms. The molecule has 1 atom stereocenters. The molecule has 3 nitrogen and oxygen atoms in total. The van der Waals surface area contributed by atoms with Gasteiger partial charge in [0.1, 0.15) is 0 Å². The normalized spacial score (nSPS) is 11.8. The molecule has 110 valence electrons. The average molecular weight is 304 g/mol. The van der Waals surface area contributed by atoms with E-state index >= 15 is 0 Å². The van der Waals surface area contributed by atoms with Crippen molar-refractivity contribution in [3.63, 3.8) is 0 Å². The monoisotopic (exact) mass is 303 g/mol. The highest BCUT2D eigenvalue weighted by atomic mass is 35.5. The van der Waals surface area contributed by atoms with E-state index < -0.39 is 0 Å². The molecule has 4 heteroatoms. The Kier molecular flexibility index (Phi) is 4.86. The molecule has 2 aromatic carbocycles. The molecule has 0 aliphatic rings. The summed E-state index contributed by atoms with van der Waals surface area (Å²) in [5.74, 6) is -0.339. The first-order valence-electron chi connectivity index (χ1n) is 6.72. The van der Waals surface area contributed by atoms with E-state index in [0.29, 0.717) is 10.6 Å². The van der Waals surface area contributed by atoms with E-state index in [9.17, 15) is 4.79 Å². The summed E-state index contributed by atoms with van der Waals surface area (Å²) in [6.45, 7) is 4.05. The van der Waals surface area contributed by atoms with Crippen molar-refractivity contribution in [2.75, 3.05) is 12.4 Å². The predicted molar refractivity (Wildman–Crippen MR) is 86.0 cm³/mol. The fraction of sp³-hybridized carbons (Fsp3) is 0.235. The average Bonchev–Trinajstić information content (AvgIpc) is 2.48. The number of anilines is 1. The molecule has 0 aliphatic carbocycles. The van der Waals surface area contributed by atoms with Crippen molar-refractivity contribution in [2.45, 2.75) is 19.9 Å². The van der Waals surface area contributed by atoms with Crippen LogP contribution in [0.4, 0.5) is 5.69 Å². The Balaban J connectivity index is 2.24.